The SMILES string of the molecule is N=CC=C(N)CNc1cc(N)nc2cc(-c3ccn[nH]3)ccc12. The third-order valence-corrected chi connectivity index (χ3v) is 3.42. The minimum atomic E-state index is 0.427. The summed E-state index contributed by atoms with van der Waals surface area (Å²) in [6.07, 6.45) is 4.40. The number of aromatic nitrogens is 3. The second kappa shape index (κ2) is 6.18. The van der Waals surface area contributed by atoms with Crippen molar-refractivity contribution < 1.29 is 0 Å². The first-order chi connectivity index (χ1) is 11.2. The summed E-state index contributed by atoms with van der Waals surface area (Å²) in [6, 6.07) is 9.61. The average Bonchev–Trinajstić information content (AvgIpc) is 3.06. The summed E-state index contributed by atoms with van der Waals surface area (Å²) in [5, 5.41) is 18.1. The van der Waals surface area contributed by atoms with Gasteiger partial charge < -0.3 is 22.2 Å². The number of benzene rings is 1. The molecule has 2 heterocycles. The number of anilines is 2. The van der Waals surface area contributed by atoms with Gasteiger partial charge in [0.1, 0.15) is 5.82 Å². The second-order valence-corrected chi connectivity index (χ2v) is 5.06. The van der Waals surface area contributed by atoms with Gasteiger partial charge >= 0.3 is 0 Å². The molecule has 7 heteroatoms. The largest absolute Gasteiger partial charge is 0.401 e. The maximum Gasteiger partial charge on any atom is 0.126 e. The van der Waals surface area contributed by atoms with E-state index in [9.17, 15) is 0 Å². The minimum absolute atomic E-state index is 0.427. The van der Waals surface area contributed by atoms with Gasteiger partial charge in [0.2, 0.25) is 0 Å². The van der Waals surface area contributed by atoms with Crippen LogP contribution in [-0.2, 0) is 0 Å². The molecule has 0 saturated carbocycles. The first-order valence-corrected chi connectivity index (χ1v) is 7.06. The molecule has 0 radical (unpaired) electrons. The number of rotatable bonds is 5. The lowest BCUT2D eigenvalue weighted by atomic mass is 10.1. The fourth-order valence-electron chi connectivity index (χ4n) is 2.34. The van der Waals surface area contributed by atoms with E-state index in [4.69, 9.17) is 16.9 Å². The first-order valence-electron chi connectivity index (χ1n) is 7.06. The fraction of sp³-hybridized carbons (Fsp3) is 0.0625. The van der Waals surface area contributed by atoms with Gasteiger partial charge in [0.25, 0.3) is 0 Å². The Hall–Kier alpha value is -3.35. The average molecular weight is 307 g/mol. The van der Waals surface area contributed by atoms with Crippen LogP contribution >= 0.6 is 0 Å². The lowest BCUT2D eigenvalue weighted by Gasteiger charge is -2.11. The smallest absolute Gasteiger partial charge is 0.126 e. The maximum atomic E-state index is 7.03. The summed E-state index contributed by atoms with van der Waals surface area (Å²) in [5.41, 5.74) is 15.8. The van der Waals surface area contributed by atoms with Crippen molar-refractivity contribution in [1.29, 1.82) is 5.41 Å². The Labute approximate surface area is 132 Å². The zero-order chi connectivity index (χ0) is 16.2. The van der Waals surface area contributed by atoms with Crippen LogP contribution in [0.15, 0.2) is 48.3 Å². The van der Waals surface area contributed by atoms with E-state index in [0.29, 0.717) is 18.1 Å². The van der Waals surface area contributed by atoms with Crippen molar-refractivity contribution in [3.05, 3.63) is 48.3 Å². The molecular formula is C16H17N7. The summed E-state index contributed by atoms with van der Waals surface area (Å²) in [5.74, 6) is 0.427. The number of hydrogen-bond acceptors (Lipinski definition) is 6. The van der Waals surface area contributed by atoms with E-state index >= 15 is 0 Å². The molecule has 0 spiro atoms. The monoisotopic (exact) mass is 307 g/mol. The van der Waals surface area contributed by atoms with Gasteiger partial charge in [0.15, 0.2) is 0 Å². The van der Waals surface area contributed by atoms with Crippen LogP contribution in [0, 0.1) is 5.41 Å². The van der Waals surface area contributed by atoms with Crippen LogP contribution in [0.2, 0.25) is 0 Å². The highest BCUT2D eigenvalue weighted by molar-refractivity contribution is 5.95. The van der Waals surface area contributed by atoms with Crippen LogP contribution in [0.3, 0.4) is 0 Å². The molecule has 3 aromatic rings. The predicted octanol–water partition coefficient (Wildman–Crippen LogP) is 2.11. The van der Waals surface area contributed by atoms with Gasteiger partial charge in [0.05, 0.1) is 17.8 Å². The molecule has 3 rings (SSSR count). The van der Waals surface area contributed by atoms with Crippen molar-refractivity contribution in [2.24, 2.45) is 5.73 Å². The molecule has 0 aliphatic rings. The standard InChI is InChI=1S/C16H17N7/c17-5-3-11(18)9-20-14-8-16(19)22-15-7-10(1-2-12(14)15)13-4-6-21-23-13/h1-8,17H,9,18H2,(H,21,23)(H3,19,20,22). The first kappa shape index (κ1) is 14.6. The molecule has 7 nitrogen and oxygen atoms in total. The van der Waals surface area contributed by atoms with Crippen molar-refractivity contribution in [2.75, 3.05) is 17.6 Å². The Morgan fingerprint density at radius 1 is 1.30 bits per heavy atom. The molecule has 0 amide bonds. The van der Waals surface area contributed by atoms with Gasteiger partial charge in [-0.2, -0.15) is 5.10 Å². The van der Waals surface area contributed by atoms with Crippen LogP contribution in [0.4, 0.5) is 11.5 Å². The zero-order valence-electron chi connectivity index (χ0n) is 12.4. The Morgan fingerprint density at radius 2 is 2.17 bits per heavy atom. The molecule has 2 aromatic heterocycles. The van der Waals surface area contributed by atoms with Crippen molar-refractivity contribution in [3.63, 3.8) is 0 Å². The maximum absolute atomic E-state index is 7.03. The number of pyridine rings is 1. The van der Waals surface area contributed by atoms with Gasteiger partial charge in [-0.05, 0) is 18.2 Å². The highest BCUT2D eigenvalue weighted by Gasteiger charge is 2.07. The van der Waals surface area contributed by atoms with E-state index in [1.807, 2.05) is 24.3 Å². The highest BCUT2D eigenvalue weighted by Crippen LogP contribution is 2.28. The van der Waals surface area contributed by atoms with Crippen LogP contribution < -0.4 is 16.8 Å². The molecular weight excluding hydrogens is 290 g/mol. The van der Waals surface area contributed by atoms with Gasteiger partial charge in [-0.3, -0.25) is 5.10 Å². The molecule has 0 atom stereocenters. The Morgan fingerprint density at radius 3 is 2.91 bits per heavy atom. The normalized spacial score (nSPS) is 11.6. The van der Waals surface area contributed by atoms with Crippen LogP contribution in [0.5, 0.6) is 0 Å². The molecule has 0 bridgehead atoms. The number of allylic oxidation sites excluding steroid dienone is 1. The number of nitrogens with two attached hydrogens (primary N) is 2. The number of nitrogens with one attached hydrogen (secondary N) is 3. The van der Waals surface area contributed by atoms with Crippen LogP contribution in [-0.4, -0.2) is 27.9 Å². The van der Waals surface area contributed by atoms with Crippen molar-refractivity contribution in [3.8, 4) is 11.3 Å². The quantitative estimate of drug-likeness (QED) is 0.461. The summed E-state index contributed by atoms with van der Waals surface area (Å²) < 4.78 is 0. The molecule has 1 aromatic carbocycles. The summed E-state index contributed by atoms with van der Waals surface area (Å²) in [7, 11) is 0. The molecule has 0 unspecified atom stereocenters. The van der Waals surface area contributed by atoms with Gasteiger partial charge in [-0.15, -0.1) is 0 Å². The summed E-state index contributed by atoms with van der Waals surface area (Å²) >= 11 is 0. The van der Waals surface area contributed by atoms with E-state index < -0.39 is 0 Å². The molecule has 0 aliphatic heterocycles. The third-order valence-electron chi connectivity index (χ3n) is 3.42. The number of nitrogens with zero attached hydrogens (tertiary/aromatic N) is 2. The highest BCUT2D eigenvalue weighted by atomic mass is 15.1. The number of fused-ring (bicyclic) bond motifs is 1. The van der Waals surface area contributed by atoms with Gasteiger partial charge in [-0.1, -0.05) is 12.1 Å². The zero-order valence-corrected chi connectivity index (χ0v) is 12.4. The van der Waals surface area contributed by atoms with E-state index in [1.165, 1.54) is 6.08 Å². The number of hydrogen-bond donors (Lipinski definition) is 5. The van der Waals surface area contributed by atoms with Crippen LogP contribution in [0.1, 0.15) is 0 Å². The van der Waals surface area contributed by atoms with E-state index in [0.717, 1.165) is 34.1 Å². The third kappa shape index (κ3) is 3.13. The van der Waals surface area contributed by atoms with Crippen molar-refractivity contribution in [2.45, 2.75) is 0 Å². The van der Waals surface area contributed by atoms with Crippen LogP contribution in [0.25, 0.3) is 22.2 Å². The second-order valence-electron chi connectivity index (χ2n) is 5.06. The molecule has 116 valence electrons. The molecule has 7 N–H and O–H groups in total. The minimum Gasteiger partial charge on any atom is -0.401 e. The predicted molar refractivity (Wildman–Crippen MR) is 93.3 cm³/mol. The van der Waals surface area contributed by atoms with E-state index in [2.05, 4.69) is 20.5 Å². The Bertz CT molecular complexity index is 866. The topological polar surface area (TPSA) is 129 Å². The fourth-order valence-corrected chi connectivity index (χ4v) is 2.34. The number of nitrogen functional groups attached to an aromatic ring is 1. The molecule has 23 heavy (non-hydrogen) atoms. The van der Waals surface area contributed by atoms with E-state index in [1.54, 1.807) is 12.3 Å². The Kier molecular flexibility index (Phi) is 3.92. The lowest BCUT2D eigenvalue weighted by Crippen LogP contribution is -2.12. The lowest BCUT2D eigenvalue weighted by molar-refractivity contribution is 1.10. The van der Waals surface area contributed by atoms with Crippen molar-refractivity contribution in [1.82, 2.24) is 15.2 Å². The summed E-state index contributed by atoms with van der Waals surface area (Å²) in [4.78, 5) is 4.39. The van der Waals surface area contributed by atoms with E-state index in [-0.39, 0.29) is 0 Å². The van der Waals surface area contributed by atoms with Gasteiger partial charge in [-0.25, -0.2) is 4.98 Å². The number of aromatic amines is 1. The summed E-state index contributed by atoms with van der Waals surface area (Å²) in [6.45, 7) is 0.427. The number of H-pyrrole nitrogens is 1. The molecule has 0 saturated heterocycles. The Balaban J connectivity index is 1.99. The van der Waals surface area contributed by atoms with Crippen molar-refractivity contribution >= 4 is 28.6 Å². The van der Waals surface area contributed by atoms with Gasteiger partial charge in [0, 0.05) is 40.8 Å². The molecule has 0 fully saturated rings. The molecule has 0 aliphatic carbocycles.